The van der Waals surface area contributed by atoms with Gasteiger partial charge in [-0.05, 0) is 55.7 Å². The quantitative estimate of drug-likeness (QED) is 0.652. The first-order valence-corrected chi connectivity index (χ1v) is 10.1. The van der Waals surface area contributed by atoms with Crippen LogP contribution in [0.15, 0.2) is 36.4 Å². The van der Waals surface area contributed by atoms with E-state index in [-0.39, 0.29) is 19.3 Å². The minimum Gasteiger partial charge on any atom is -0.483 e. The van der Waals surface area contributed by atoms with E-state index in [2.05, 4.69) is 10.3 Å². The Morgan fingerprint density at radius 1 is 1.14 bits per heavy atom. The molecule has 2 aromatic carbocycles. The van der Waals surface area contributed by atoms with Crippen molar-refractivity contribution in [2.24, 2.45) is 0 Å². The average molecular weight is 410 g/mol. The van der Waals surface area contributed by atoms with Crippen LogP contribution in [-0.2, 0) is 11.2 Å². The maximum Gasteiger partial charge on any atom is 0.264 e. The van der Waals surface area contributed by atoms with Gasteiger partial charge < -0.3 is 14.2 Å². The zero-order valence-corrected chi connectivity index (χ0v) is 17.4. The van der Waals surface area contributed by atoms with Gasteiger partial charge in [-0.1, -0.05) is 18.2 Å². The standard InChI is InChI=1S/C22H22N2O4S/c1-13-4-5-14(2)18(8-13)26-11-21(25)24-22-23-15(3)20(29-22)10-16-6-7-17-19(9-16)28-12-27-17/h4-9H,10-12H2,1-3H3,(H,23,24,25). The third-order valence-corrected chi connectivity index (χ3v) is 5.72. The van der Waals surface area contributed by atoms with Crippen LogP contribution in [0.5, 0.6) is 17.2 Å². The summed E-state index contributed by atoms with van der Waals surface area (Å²) in [6.45, 7) is 6.10. The Bertz CT molecular complexity index is 1060. The highest BCUT2D eigenvalue weighted by Gasteiger charge is 2.16. The van der Waals surface area contributed by atoms with Gasteiger partial charge in [0.1, 0.15) is 5.75 Å². The number of amides is 1. The number of ether oxygens (including phenoxy) is 3. The van der Waals surface area contributed by atoms with Crippen molar-refractivity contribution in [3.8, 4) is 17.2 Å². The van der Waals surface area contributed by atoms with Crippen LogP contribution >= 0.6 is 11.3 Å². The number of hydrogen-bond acceptors (Lipinski definition) is 6. The van der Waals surface area contributed by atoms with E-state index >= 15 is 0 Å². The van der Waals surface area contributed by atoms with Crippen molar-refractivity contribution in [1.82, 2.24) is 4.98 Å². The molecule has 0 saturated heterocycles. The lowest BCUT2D eigenvalue weighted by Crippen LogP contribution is -2.20. The number of aromatic nitrogens is 1. The highest BCUT2D eigenvalue weighted by atomic mass is 32.1. The van der Waals surface area contributed by atoms with E-state index in [1.54, 1.807) is 0 Å². The summed E-state index contributed by atoms with van der Waals surface area (Å²) in [6.07, 6.45) is 0.717. The first kappa shape index (κ1) is 19.3. The molecule has 29 heavy (non-hydrogen) atoms. The Balaban J connectivity index is 1.37. The molecule has 1 N–H and O–H groups in total. The van der Waals surface area contributed by atoms with Crippen LogP contribution in [-0.4, -0.2) is 24.3 Å². The third kappa shape index (κ3) is 4.51. The van der Waals surface area contributed by atoms with E-state index < -0.39 is 0 Å². The van der Waals surface area contributed by atoms with Crippen molar-refractivity contribution in [2.45, 2.75) is 27.2 Å². The molecule has 0 aliphatic carbocycles. The largest absolute Gasteiger partial charge is 0.483 e. The van der Waals surface area contributed by atoms with E-state index in [4.69, 9.17) is 14.2 Å². The zero-order chi connectivity index (χ0) is 20.4. The van der Waals surface area contributed by atoms with Crippen LogP contribution in [0, 0.1) is 20.8 Å². The molecule has 4 rings (SSSR count). The lowest BCUT2D eigenvalue weighted by molar-refractivity contribution is -0.118. The molecule has 0 radical (unpaired) electrons. The van der Waals surface area contributed by atoms with Crippen molar-refractivity contribution in [3.05, 3.63) is 63.7 Å². The molecule has 0 atom stereocenters. The predicted molar refractivity (Wildman–Crippen MR) is 112 cm³/mol. The molecule has 150 valence electrons. The minimum atomic E-state index is -0.228. The Hall–Kier alpha value is -3.06. The maximum absolute atomic E-state index is 12.3. The fourth-order valence-electron chi connectivity index (χ4n) is 3.04. The molecule has 0 saturated carbocycles. The number of nitrogens with one attached hydrogen (secondary N) is 1. The molecule has 6 nitrogen and oxygen atoms in total. The second-order valence-corrected chi connectivity index (χ2v) is 8.08. The summed E-state index contributed by atoms with van der Waals surface area (Å²) in [5.74, 6) is 2.03. The fourth-order valence-corrected chi connectivity index (χ4v) is 4.06. The van der Waals surface area contributed by atoms with E-state index in [0.717, 1.165) is 50.9 Å². The monoisotopic (exact) mass is 410 g/mol. The number of nitrogens with zero attached hydrogens (tertiary/aromatic N) is 1. The molecule has 0 bridgehead atoms. The zero-order valence-electron chi connectivity index (χ0n) is 16.6. The number of thiazole rings is 1. The molecule has 2 heterocycles. The first-order valence-electron chi connectivity index (χ1n) is 9.32. The van der Waals surface area contributed by atoms with Crippen LogP contribution in [0.4, 0.5) is 5.13 Å². The number of hydrogen-bond donors (Lipinski definition) is 1. The van der Waals surface area contributed by atoms with Gasteiger partial charge in [0.2, 0.25) is 6.79 Å². The molecule has 0 unspecified atom stereocenters. The van der Waals surface area contributed by atoms with Gasteiger partial charge in [-0.15, -0.1) is 11.3 Å². The molecule has 1 amide bonds. The molecule has 0 fully saturated rings. The molecular weight excluding hydrogens is 388 g/mol. The SMILES string of the molecule is Cc1ccc(C)c(OCC(=O)Nc2nc(C)c(Cc3ccc4c(c3)OCO4)s2)c1. The Morgan fingerprint density at radius 3 is 2.83 bits per heavy atom. The highest BCUT2D eigenvalue weighted by molar-refractivity contribution is 7.15. The van der Waals surface area contributed by atoms with Crippen LogP contribution in [0.3, 0.4) is 0 Å². The molecule has 1 aromatic heterocycles. The predicted octanol–water partition coefficient (Wildman–Crippen LogP) is 4.41. The third-order valence-electron chi connectivity index (χ3n) is 4.64. The molecule has 1 aliphatic heterocycles. The van der Waals surface area contributed by atoms with Gasteiger partial charge in [0, 0.05) is 11.3 Å². The molecule has 0 spiro atoms. The van der Waals surface area contributed by atoms with Gasteiger partial charge >= 0.3 is 0 Å². The summed E-state index contributed by atoms with van der Waals surface area (Å²) in [5.41, 5.74) is 4.10. The van der Waals surface area contributed by atoms with Crippen molar-refractivity contribution in [2.75, 3.05) is 18.7 Å². The van der Waals surface area contributed by atoms with Gasteiger partial charge in [-0.3, -0.25) is 10.1 Å². The van der Waals surface area contributed by atoms with E-state index in [1.807, 2.05) is 57.2 Å². The van der Waals surface area contributed by atoms with Crippen molar-refractivity contribution < 1.29 is 19.0 Å². The second-order valence-electron chi connectivity index (χ2n) is 7.00. The van der Waals surface area contributed by atoms with Crippen LogP contribution < -0.4 is 19.5 Å². The Labute approximate surface area is 173 Å². The van der Waals surface area contributed by atoms with Gasteiger partial charge in [-0.25, -0.2) is 4.98 Å². The highest BCUT2D eigenvalue weighted by Crippen LogP contribution is 2.34. The van der Waals surface area contributed by atoms with E-state index in [0.29, 0.717) is 5.13 Å². The number of anilines is 1. The number of fused-ring (bicyclic) bond motifs is 1. The maximum atomic E-state index is 12.3. The molecule has 1 aliphatic rings. The smallest absolute Gasteiger partial charge is 0.264 e. The molecule has 3 aromatic rings. The lowest BCUT2D eigenvalue weighted by Gasteiger charge is -2.09. The summed E-state index contributed by atoms with van der Waals surface area (Å²) < 4.78 is 16.5. The minimum absolute atomic E-state index is 0.0551. The second kappa shape index (κ2) is 8.13. The topological polar surface area (TPSA) is 69.7 Å². The summed E-state index contributed by atoms with van der Waals surface area (Å²) in [6, 6.07) is 11.8. The van der Waals surface area contributed by atoms with Gasteiger partial charge in [0.05, 0.1) is 5.69 Å². The Kier molecular flexibility index (Phi) is 5.40. The fraction of sp³-hybridized carbons (Fsp3) is 0.273. The van der Waals surface area contributed by atoms with Crippen LogP contribution in [0.1, 0.15) is 27.3 Å². The number of carbonyl (C=O) groups is 1. The summed E-state index contributed by atoms with van der Waals surface area (Å²) in [5, 5.41) is 3.41. The number of carbonyl (C=O) groups excluding carboxylic acids is 1. The number of aryl methyl sites for hydroxylation is 3. The van der Waals surface area contributed by atoms with Crippen molar-refractivity contribution in [3.63, 3.8) is 0 Å². The van der Waals surface area contributed by atoms with Gasteiger partial charge in [0.25, 0.3) is 5.91 Å². The first-order chi connectivity index (χ1) is 14.0. The molecular formula is C22H22N2O4S. The number of rotatable bonds is 6. The number of benzene rings is 2. The average Bonchev–Trinajstić information content (AvgIpc) is 3.28. The summed E-state index contributed by atoms with van der Waals surface area (Å²) in [4.78, 5) is 17.9. The summed E-state index contributed by atoms with van der Waals surface area (Å²) in [7, 11) is 0. The van der Waals surface area contributed by atoms with E-state index in [1.165, 1.54) is 11.3 Å². The van der Waals surface area contributed by atoms with Crippen molar-refractivity contribution >= 4 is 22.4 Å². The molecule has 7 heteroatoms. The van der Waals surface area contributed by atoms with Crippen LogP contribution in [0.25, 0.3) is 0 Å². The Morgan fingerprint density at radius 2 is 1.97 bits per heavy atom. The normalized spacial score (nSPS) is 12.1. The van der Waals surface area contributed by atoms with Gasteiger partial charge in [0.15, 0.2) is 23.2 Å². The van der Waals surface area contributed by atoms with Gasteiger partial charge in [-0.2, -0.15) is 0 Å². The lowest BCUT2D eigenvalue weighted by atomic mass is 10.1. The van der Waals surface area contributed by atoms with Crippen molar-refractivity contribution in [1.29, 1.82) is 0 Å². The summed E-state index contributed by atoms with van der Waals surface area (Å²) >= 11 is 1.47. The van der Waals surface area contributed by atoms with Crippen LogP contribution in [0.2, 0.25) is 0 Å². The van der Waals surface area contributed by atoms with E-state index in [9.17, 15) is 4.79 Å².